The van der Waals surface area contributed by atoms with E-state index in [4.69, 9.17) is 24.6 Å². The maximum atomic E-state index is 6.17. The fraction of sp³-hybridized carbons (Fsp3) is 0. The summed E-state index contributed by atoms with van der Waals surface area (Å²) in [6.45, 7) is 0. The number of para-hydroxylation sites is 1. The van der Waals surface area contributed by atoms with Crippen LogP contribution in [-0.4, -0.2) is 24.7 Å². The van der Waals surface area contributed by atoms with Crippen LogP contribution in [0.15, 0.2) is 156 Å². The summed E-state index contributed by atoms with van der Waals surface area (Å²) in [5.41, 5.74) is 9.61. The smallest absolute Gasteiger partial charge is 0.136 e. The van der Waals surface area contributed by atoms with Crippen LogP contribution in [-0.2, 0) is 0 Å². The first-order valence-corrected chi connectivity index (χ1v) is 16.6. The Balaban J connectivity index is 1.06. The molecule has 6 heteroatoms. The van der Waals surface area contributed by atoms with Gasteiger partial charge in [0, 0.05) is 50.8 Å². The van der Waals surface area contributed by atoms with Crippen LogP contribution in [0.5, 0.6) is 0 Å². The van der Waals surface area contributed by atoms with Crippen LogP contribution in [0.25, 0.3) is 105 Å². The molecule has 0 saturated heterocycles. The van der Waals surface area contributed by atoms with Gasteiger partial charge in [-0.05, 0) is 76.1 Å². The summed E-state index contributed by atoms with van der Waals surface area (Å²) in [6, 6.07) is 49.1. The van der Waals surface area contributed by atoms with Crippen molar-refractivity contribution in [3.63, 3.8) is 0 Å². The minimum atomic E-state index is 0.667. The van der Waals surface area contributed by atoms with Gasteiger partial charge in [-0.1, -0.05) is 84.9 Å². The Bertz CT molecular complexity index is 3060. The third-order valence-electron chi connectivity index (χ3n) is 9.95. The Morgan fingerprint density at radius 1 is 0.420 bits per heavy atom. The molecule has 4 heterocycles. The van der Waals surface area contributed by atoms with E-state index in [-0.39, 0.29) is 0 Å². The van der Waals surface area contributed by atoms with E-state index in [9.17, 15) is 0 Å². The van der Waals surface area contributed by atoms with Crippen molar-refractivity contribution in [3.8, 4) is 28.2 Å². The lowest BCUT2D eigenvalue weighted by molar-refractivity contribution is 0.669. The van der Waals surface area contributed by atoms with Gasteiger partial charge in [-0.25, -0.2) is 0 Å². The van der Waals surface area contributed by atoms with Gasteiger partial charge in [0.05, 0.1) is 11.0 Å². The Morgan fingerprint density at radius 3 is 1.58 bits per heavy atom. The van der Waals surface area contributed by atoms with Crippen molar-refractivity contribution in [1.29, 1.82) is 0 Å². The first kappa shape index (κ1) is 27.1. The molecule has 11 rings (SSSR count). The molecule has 0 fully saturated rings. The van der Waals surface area contributed by atoms with Crippen molar-refractivity contribution < 1.29 is 4.42 Å². The van der Waals surface area contributed by atoms with Gasteiger partial charge in [-0.3, -0.25) is 9.97 Å². The predicted molar refractivity (Wildman–Crippen MR) is 203 cm³/mol. The normalized spacial score (nSPS) is 12.0. The number of furan rings is 1. The Labute approximate surface area is 284 Å². The minimum absolute atomic E-state index is 0.667. The average molecular weight is 640 g/mol. The molecule has 0 N–H and O–H groups in total. The van der Waals surface area contributed by atoms with E-state index in [0.717, 1.165) is 38.8 Å². The Kier molecular flexibility index (Phi) is 5.57. The van der Waals surface area contributed by atoms with Gasteiger partial charge in [-0.2, -0.15) is 0 Å². The molecule has 0 radical (unpaired) electrons. The number of hydrogen-bond donors (Lipinski definition) is 0. The lowest BCUT2D eigenvalue weighted by atomic mass is 10.0. The second-order valence-corrected chi connectivity index (χ2v) is 12.8. The van der Waals surface area contributed by atoms with Crippen molar-refractivity contribution in [2.75, 3.05) is 0 Å². The molecule has 4 aromatic heterocycles. The fourth-order valence-electron chi connectivity index (χ4n) is 7.58. The highest BCUT2D eigenvalue weighted by atomic mass is 16.3. The second kappa shape index (κ2) is 10.3. The third kappa shape index (κ3) is 3.96. The summed E-state index contributed by atoms with van der Waals surface area (Å²) in [6.07, 6.45) is 3.41. The van der Waals surface area contributed by atoms with Gasteiger partial charge < -0.3 is 8.98 Å². The molecule has 0 aliphatic carbocycles. The third-order valence-corrected chi connectivity index (χ3v) is 9.95. The first-order valence-electron chi connectivity index (χ1n) is 16.6. The van der Waals surface area contributed by atoms with Gasteiger partial charge in [0.15, 0.2) is 0 Å². The number of fused-ring (bicyclic) bond motifs is 9. The quantitative estimate of drug-likeness (QED) is 0.192. The monoisotopic (exact) mass is 639 g/mol. The zero-order chi connectivity index (χ0) is 32.8. The van der Waals surface area contributed by atoms with Crippen molar-refractivity contribution in [3.05, 3.63) is 152 Å². The molecule has 0 spiro atoms. The molecular weight excluding hydrogens is 615 g/mol. The lowest BCUT2D eigenvalue weighted by Gasteiger charge is -2.11. The second-order valence-electron chi connectivity index (χ2n) is 12.8. The highest BCUT2D eigenvalue weighted by molar-refractivity contribution is 6.16. The van der Waals surface area contributed by atoms with Crippen LogP contribution in [0.2, 0.25) is 0 Å². The fourth-order valence-corrected chi connectivity index (χ4v) is 7.58. The molecule has 0 unspecified atom stereocenters. The molecular formula is C44H25N5O. The first-order chi connectivity index (χ1) is 24.8. The molecule has 0 bridgehead atoms. The molecule has 7 aromatic carbocycles. The van der Waals surface area contributed by atoms with Crippen LogP contribution >= 0.6 is 0 Å². The van der Waals surface area contributed by atoms with Gasteiger partial charge in [-0.15, -0.1) is 10.2 Å². The molecule has 0 atom stereocenters. The summed E-state index contributed by atoms with van der Waals surface area (Å²) in [7, 11) is 0. The van der Waals surface area contributed by atoms with Gasteiger partial charge >= 0.3 is 0 Å². The average Bonchev–Trinajstić information content (AvgIpc) is 3.70. The van der Waals surface area contributed by atoms with Crippen LogP contribution in [0.4, 0.5) is 0 Å². The molecule has 0 saturated carbocycles. The number of rotatable bonds is 3. The van der Waals surface area contributed by atoms with Crippen molar-refractivity contribution in [2.45, 2.75) is 0 Å². The summed E-state index contributed by atoms with van der Waals surface area (Å²) in [5.74, 6) is 0. The summed E-state index contributed by atoms with van der Waals surface area (Å²) >= 11 is 0. The zero-order valence-electron chi connectivity index (χ0n) is 26.6. The van der Waals surface area contributed by atoms with Gasteiger partial charge in [0.2, 0.25) is 0 Å². The SMILES string of the molecule is c1ccc2cc3c(cc2c1)c1cc2ccccc2cc1n3-c1ccc(-c2nnc(-c3ccc4c(c3)oc3ccccc34)c3nccnc23)cc1. The number of nitrogens with zero attached hydrogens (tertiary/aromatic N) is 5. The predicted octanol–water partition coefficient (Wildman–Crippen LogP) is 11.1. The summed E-state index contributed by atoms with van der Waals surface area (Å²) in [5, 5.41) is 19.0. The maximum Gasteiger partial charge on any atom is 0.136 e. The Morgan fingerprint density at radius 2 is 0.940 bits per heavy atom. The van der Waals surface area contributed by atoms with E-state index >= 15 is 0 Å². The molecule has 0 aliphatic rings. The molecule has 0 amide bonds. The number of benzene rings is 7. The van der Waals surface area contributed by atoms with E-state index < -0.39 is 0 Å². The minimum Gasteiger partial charge on any atom is -0.456 e. The summed E-state index contributed by atoms with van der Waals surface area (Å²) in [4.78, 5) is 9.50. The van der Waals surface area contributed by atoms with Crippen LogP contribution < -0.4 is 0 Å². The van der Waals surface area contributed by atoms with Crippen LogP contribution in [0.1, 0.15) is 0 Å². The van der Waals surface area contributed by atoms with Crippen molar-refractivity contribution in [1.82, 2.24) is 24.7 Å². The van der Waals surface area contributed by atoms with Crippen LogP contribution in [0, 0.1) is 0 Å². The molecule has 11 aromatic rings. The zero-order valence-corrected chi connectivity index (χ0v) is 26.6. The number of aromatic nitrogens is 5. The van der Waals surface area contributed by atoms with Crippen molar-refractivity contribution in [2.24, 2.45) is 0 Å². The molecule has 232 valence electrons. The van der Waals surface area contributed by atoms with E-state index in [0.29, 0.717) is 22.4 Å². The molecule has 50 heavy (non-hydrogen) atoms. The van der Waals surface area contributed by atoms with E-state index in [1.807, 2.05) is 24.3 Å². The highest BCUT2D eigenvalue weighted by Crippen LogP contribution is 2.38. The van der Waals surface area contributed by atoms with Gasteiger partial charge in [0.1, 0.15) is 33.6 Å². The van der Waals surface area contributed by atoms with E-state index in [1.54, 1.807) is 12.4 Å². The van der Waals surface area contributed by atoms with E-state index in [2.05, 4.69) is 120 Å². The number of hydrogen-bond acceptors (Lipinski definition) is 5. The molecule has 6 nitrogen and oxygen atoms in total. The standard InChI is InChI=1S/C44H25N5O/c1-3-9-29-23-37-35(21-27(29)7-1)36-22-28-8-2-4-10-30(28)24-38(36)49(37)32-16-13-26(14-17-32)41-43-44(46-20-19-45-43)42(48-47-41)31-15-18-34-33-11-5-6-12-39(33)50-40(34)25-31/h1-25H. The highest BCUT2D eigenvalue weighted by Gasteiger charge is 2.18. The van der Waals surface area contributed by atoms with Crippen LogP contribution in [0.3, 0.4) is 0 Å². The molecule has 0 aliphatic heterocycles. The topological polar surface area (TPSA) is 69.6 Å². The largest absolute Gasteiger partial charge is 0.456 e. The Hall–Kier alpha value is -6.92. The van der Waals surface area contributed by atoms with Gasteiger partial charge in [0.25, 0.3) is 0 Å². The van der Waals surface area contributed by atoms with Crippen molar-refractivity contribution >= 4 is 76.3 Å². The lowest BCUT2D eigenvalue weighted by Crippen LogP contribution is -1.99. The summed E-state index contributed by atoms with van der Waals surface area (Å²) < 4.78 is 8.54. The maximum absolute atomic E-state index is 6.17. The van der Waals surface area contributed by atoms with E-state index in [1.165, 1.54) is 43.4 Å².